The van der Waals surface area contributed by atoms with Gasteiger partial charge >= 0.3 is 0 Å². The molecule has 1 aromatic rings. The predicted molar refractivity (Wildman–Crippen MR) is 77.9 cm³/mol. The lowest BCUT2D eigenvalue weighted by molar-refractivity contribution is -0.383. The zero-order valence-electron chi connectivity index (χ0n) is 11.7. The Morgan fingerprint density at radius 3 is 2.90 bits per heavy atom. The van der Waals surface area contributed by atoms with Crippen molar-refractivity contribution in [1.82, 2.24) is 4.90 Å². The minimum Gasteiger partial charge on any atom is -0.396 e. The number of piperidine rings is 1. The lowest BCUT2D eigenvalue weighted by atomic mass is 9.98. The number of nitrogens with two attached hydrogens (primary N) is 1. The minimum atomic E-state index is -0.590. The van der Waals surface area contributed by atoms with Crippen LogP contribution in [0.1, 0.15) is 36.0 Å². The van der Waals surface area contributed by atoms with Crippen molar-refractivity contribution in [2.24, 2.45) is 0 Å². The maximum absolute atomic E-state index is 12.6. The van der Waals surface area contributed by atoms with Crippen molar-refractivity contribution in [2.75, 3.05) is 18.9 Å². The van der Waals surface area contributed by atoms with Crippen LogP contribution in [0, 0.1) is 10.1 Å². The van der Waals surface area contributed by atoms with Crippen LogP contribution in [0.2, 0.25) is 0 Å². The molecule has 0 aliphatic carbocycles. The number of aliphatic hydroxyl groups is 1. The fourth-order valence-electron chi connectivity index (χ4n) is 2.72. The van der Waals surface area contributed by atoms with E-state index in [4.69, 9.17) is 10.8 Å². The molecule has 1 atom stereocenters. The van der Waals surface area contributed by atoms with Crippen LogP contribution >= 0.6 is 0 Å². The van der Waals surface area contributed by atoms with E-state index in [-0.39, 0.29) is 35.5 Å². The van der Waals surface area contributed by atoms with Crippen LogP contribution in [-0.4, -0.2) is 40.0 Å². The number of rotatable bonds is 4. The third-order valence-corrected chi connectivity index (χ3v) is 3.82. The summed E-state index contributed by atoms with van der Waals surface area (Å²) in [6.07, 6.45) is 3.31. The first-order valence-electron chi connectivity index (χ1n) is 7.00. The van der Waals surface area contributed by atoms with Crippen molar-refractivity contribution in [3.63, 3.8) is 0 Å². The third kappa shape index (κ3) is 3.30. The van der Waals surface area contributed by atoms with Crippen molar-refractivity contribution >= 4 is 17.3 Å². The predicted octanol–water partition coefficient (Wildman–Crippen LogP) is 1.55. The van der Waals surface area contributed by atoms with Crippen LogP contribution in [0.4, 0.5) is 11.4 Å². The first kappa shape index (κ1) is 15.2. The summed E-state index contributed by atoms with van der Waals surface area (Å²) in [7, 11) is 0. The number of nitro groups is 1. The lowest BCUT2D eigenvalue weighted by Crippen LogP contribution is -2.44. The number of nitrogen functional groups attached to an aromatic ring is 1. The number of amides is 1. The largest absolute Gasteiger partial charge is 0.396 e. The van der Waals surface area contributed by atoms with Gasteiger partial charge in [-0.3, -0.25) is 14.9 Å². The van der Waals surface area contributed by atoms with E-state index in [1.807, 2.05) is 0 Å². The van der Waals surface area contributed by atoms with Gasteiger partial charge in [-0.25, -0.2) is 0 Å². The van der Waals surface area contributed by atoms with Gasteiger partial charge in [0.05, 0.1) is 4.92 Å². The highest BCUT2D eigenvalue weighted by Gasteiger charge is 2.28. The highest BCUT2D eigenvalue weighted by Crippen LogP contribution is 2.26. The number of carbonyl (C=O) groups excluding carboxylic acids is 1. The Labute approximate surface area is 122 Å². The Hall–Kier alpha value is -2.15. The van der Waals surface area contributed by atoms with E-state index in [2.05, 4.69) is 0 Å². The first-order valence-corrected chi connectivity index (χ1v) is 7.00. The molecule has 7 heteroatoms. The number of hydrogen-bond donors (Lipinski definition) is 2. The molecule has 3 N–H and O–H groups in total. The molecule has 1 saturated heterocycles. The van der Waals surface area contributed by atoms with Crippen LogP contribution in [0.3, 0.4) is 0 Å². The summed E-state index contributed by atoms with van der Waals surface area (Å²) in [5.74, 6) is -0.240. The number of benzene rings is 1. The Bertz CT molecular complexity index is 545. The molecule has 1 heterocycles. The zero-order chi connectivity index (χ0) is 15.4. The molecule has 1 fully saturated rings. The SMILES string of the molecule is Nc1ccc(C(=O)N2CCCCC2CCO)cc1[N+](=O)[O-]. The highest BCUT2D eigenvalue weighted by atomic mass is 16.6. The van der Waals surface area contributed by atoms with Crippen LogP contribution in [0.25, 0.3) is 0 Å². The summed E-state index contributed by atoms with van der Waals surface area (Å²) in [5.41, 5.74) is 5.60. The average Bonchev–Trinajstić information content (AvgIpc) is 2.47. The molecule has 114 valence electrons. The van der Waals surface area contributed by atoms with Gasteiger partial charge in [0.15, 0.2) is 0 Å². The smallest absolute Gasteiger partial charge is 0.292 e. The molecule has 21 heavy (non-hydrogen) atoms. The molecule has 2 rings (SSSR count). The van der Waals surface area contributed by atoms with Gasteiger partial charge in [-0.1, -0.05) is 0 Å². The van der Waals surface area contributed by atoms with Gasteiger partial charge in [-0.05, 0) is 37.8 Å². The summed E-state index contributed by atoms with van der Waals surface area (Å²) >= 11 is 0. The lowest BCUT2D eigenvalue weighted by Gasteiger charge is -2.35. The third-order valence-electron chi connectivity index (χ3n) is 3.82. The number of anilines is 1. The number of nitrogens with zero attached hydrogens (tertiary/aromatic N) is 2. The Morgan fingerprint density at radius 2 is 2.24 bits per heavy atom. The van der Waals surface area contributed by atoms with Gasteiger partial charge in [0, 0.05) is 30.8 Å². The van der Waals surface area contributed by atoms with E-state index >= 15 is 0 Å². The number of carbonyl (C=O) groups is 1. The average molecular weight is 293 g/mol. The first-order chi connectivity index (χ1) is 10.0. The Kier molecular flexibility index (Phi) is 4.74. The summed E-state index contributed by atoms with van der Waals surface area (Å²) in [5, 5.41) is 20.0. The molecule has 1 amide bonds. The van der Waals surface area contributed by atoms with Crippen LogP contribution in [0.5, 0.6) is 0 Å². The fraction of sp³-hybridized carbons (Fsp3) is 0.500. The molecule has 0 aromatic heterocycles. The number of hydrogen-bond acceptors (Lipinski definition) is 5. The maximum Gasteiger partial charge on any atom is 0.292 e. The van der Waals surface area contributed by atoms with Crippen molar-refractivity contribution < 1.29 is 14.8 Å². The van der Waals surface area contributed by atoms with E-state index in [1.54, 1.807) is 4.90 Å². The molecule has 1 aromatic carbocycles. The molecule has 0 radical (unpaired) electrons. The standard InChI is InChI=1S/C14H19N3O4/c15-12-5-4-10(9-13(12)17(20)21)14(19)16-7-2-1-3-11(16)6-8-18/h4-5,9,11,18H,1-3,6-8,15H2. The van der Waals surface area contributed by atoms with Crippen LogP contribution in [-0.2, 0) is 0 Å². The summed E-state index contributed by atoms with van der Waals surface area (Å²) in [6, 6.07) is 4.11. The monoisotopic (exact) mass is 293 g/mol. The zero-order valence-corrected chi connectivity index (χ0v) is 11.7. The fourth-order valence-corrected chi connectivity index (χ4v) is 2.72. The topological polar surface area (TPSA) is 110 Å². The van der Waals surface area contributed by atoms with E-state index in [1.165, 1.54) is 18.2 Å². The molecular weight excluding hydrogens is 274 g/mol. The number of aliphatic hydroxyl groups excluding tert-OH is 1. The minimum absolute atomic E-state index is 0.00661. The molecule has 1 unspecified atom stereocenters. The van der Waals surface area contributed by atoms with Crippen molar-refractivity contribution in [2.45, 2.75) is 31.7 Å². The van der Waals surface area contributed by atoms with E-state index in [0.717, 1.165) is 19.3 Å². The molecule has 0 bridgehead atoms. The van der Waals surface area contributed by atoms with Gasteiger partial charge in [0.2, 0.25) is 0 Å². The van der Waals surface area contributed by atoms with E-state index in [0.29, 0.717) is 13.0 Å². The Balaban J connectivity index is 2.26. The second-order valence-electron chi connectivity index (χ2n) is 5.19. The van der Waals surface area contributed by atoms with Gasteiger partial charge in [0.25, 0.3) is 11.6 Å². The Morgan fingerprint density at radius 1 is 1.48 bits per heavy atom. The van der Waals surface area contributed by atoms with Gasteiger partial charge in [-0.15, -0.1) is 0 Å². The normalized spacial score (nSPS) is 18.5. The van der Waals surface area contributed by atoms with Gasteiger partial charge < -0.3 is 15.7 Å². The van der Waals surface area contributed by atoms with Crippen molar-refractivity contribution in [1.29, 1.82) is 0 Å². The molecule has 1 aliphatic rings. The molecule has 7 nitrogen and oxygen atoms in total. The second kappa shape index (κ2) is 6.53. The molecular formula is C14H19N3O4. The molecule has 1 aliphatic heterocycles. The van der Waals surface area contributed by atoms with Crippen LogP contribution in [0.15, 0.2) is 18.2 Å². The van der Waals surface area contributed by atoms with Crippen molar-refractivity contribution in [3.8, 4) is 0 Å². The summed E-state index contributed by atoms with van der Waals surface area (Å²) < 4.78 is 0. The maximum atomic E-state index is 12.6. The van der Waals surface area contributed by atoms with E-state index < -0.39 is 4.92 Å². The van der Waals surface area contributed by atoms with Crippen molar-refractivity contribution in [3.05, 3.63) is 33.9 Å². The molecule has 0 spiro atoms. The highest BCUT2D eigenvalue weighted by molar-refractivity contribution is 5.96. The summed E-state index contributed by atoms with van der Waals surface area (Å²) in [6.45, 7) is 0.637. The van der Waals surface area contributed by atoms with Gasteiger partial charge in [-0.2, -0.15) is 0 Å². The quantitative estimate of drug-likeness (QED) is 0.497. The number of likely N-dealkylation sites (tertiary alicyclic amines) is 1. The van der Waals surface area contributed by atoms with Crippen LogP contribution < -0.4 is 5.73 Å². The number of nitro benzene ring substituents is 1. The van der Waals surface area contributed by atoms with E-state index in [9.17, 15) is 14.9 Å². The second-order valence-corrected chi connectivity index (χ2v) is 5.19. The molecule has 0 saturated carbocycles. The summed E-state index contributed by atoms with van der Waals surface area (Å²) in [4.78, 5) is 24.6. The van der Waals surface area contributed by atoms with Gasteiger partial charge in [0.1, 0.15) is 5.69 Å².